The molecule has 1 heterocycles. The number of hydrogen-bond acceptors (Lipinski definition) is 4. The van der Waals surface area contributed by atoms with E-state index < -0.39 is 29.7 Å². The zero-order chi connectivity index (χ0) is 19.0. The number of hydrogen-bond donors (Lipinski definition) is 1. The molecule has 1 aromatic carbocycles. The number of nitrogens with one attached hydrogen (secondary N) is 1. The molecule has 0 bridgehead atoms. The van der Waals surface area contributed by atoms with Crippen molar-refractivity contribution in [3.8, 4) is 0 Å². The Balaban J connectivity index is 2.22. The first-order valence-electron chi connectivity index (χ1n) is 8.91. The molecule has 140 valence electrons. The first kappa shape index (κ1) is 20.8. The average molecular weight is 365 g/mol. The van der Waals surface area contributed by atoms with Gasteiger partial charge in [-0.05, 0) is 67.4 Å². The van der Waals surface area contributed by atoms with Gasteiger partial charge >= 0.3 is 7.12 Å². The molecule has 4 nitrogen and oxygen atoms in total. The van der Waals surface area contributed by atoms with Crippen LogP contribution in [-0.2, 0) is 27.1 Å². The first-order valence-corrected chi connectivity index (χ1v) is 10.1. The Bertz CT molecular complexity index is 567. The third kappa shape index (κ3) is 5.01. The van der Waals surface area contributed by atoms with E-state index in [9.17, 15) is 4.55 Å². The Kier molecular flexibility index (Phi) is 6.02. The molecule has 1 N–H and O–H groups in total. The van der Waals surface area contributed by atoms with E-state index in [4.69, 9.17) is 9.31 Å². The lowest BCUT2D eigenvalue weighted by Crippen LogP contribution is -2.53. The highest BCUT2D eigenvalue weighted by Crippen LogP contribution is 2.38. The van der Waals surface area contributed by atoms with Gasteiger partial charge < -0.3 is 13.9 Å². The topological polar surface area (TPSA) is 53.5 Å². The summed E-state index contributed by atoms with van der Waals surface area (Å²) in [5, 5.41) is 0. The van der Waals surface area contributed by atoms with Gasteiger partial charge in [0.2, 0.25) is 0 Å². The lowest BCUT2D eigenvalue weighted by atomic mass is 9.75. The van der Waals surface area contributed by atoms with Crippen molar-refractivity contribution in [2.24, 2.45) is 0 Å². The van der Waals surface area contributed by atoms with Crippen LogP contribution in [-0.4, -0.2) is 33.6 Å². The highest BCUT2D eigenvalue weighted by molar-refractivity contribution is 7.90. The molecule has 0 amide bonds. The molecule has 0 aliphatic carbocycles. The second-order valence-corrected chi connectivity index (χ2v) is 10.9. The fourth-order valence-electron chi connectivity index (χ4n) is 2.54. The second-order valence-electron chi connectivity index (χ2n) is 8.92. The molecule has 25 heavy (non-hydrogen) atoms. The minimum Gasteiger partial charge on any atom is -0.598 e. The van der Waals surface area contributed by atoms with E-state index in [1.807, 2.05) is 48.5 Å². The van der Waals surface area contributed by atoms with Crippen LogP contribution in [0.4, 0.5) is 0 Å². The maximum atomic E-state index is 12.7. The highest BCUT2D eigenvalue weighted by Gasteiger charge is 2.55. The van der Waals surface area contributed by atoms with Gasteiger partial charge in [0.25, 0.3) is 0 Å². The van der Waals surface area contributed by atoms with Gasteiger partial charge in [0.15, 0.2) is 0 Å². The third-order valence-electron chi connectivity index (χ3n) is 4.99. The van der Waals surface area contributed by atoms with Gasteiger partial charge in [-0.25, -0.2) is 0 Å². The summed E-state index contributed by atoms with van der Waals surface area (Å²) in [7, 11) is -0.447. The smallest absolute Gasteiger partial charge is 0.481 e. The van der Waals surface area contributed by atoms with E-state index in [-0.39, 0.29) is 10.7 Å². The van der Waals surface area contributed by atoms with Gasteiger partial charge in [0.05, 0.1) is 17.1 Å². The molecular formula is C19H32BNO3S. The molecule has 1 aliphatic heterocycles. The molecule has 0 saturated carbocycles. The van der Waals surface area contributed by atoms with Crippen LogP contribution in [0.25, 0.3) is 0 Å². The summed E-state index contributed by atoms with van der Waals surface area (Å²) in [6, 6.07) is 8.40. The summed E-state index contributed by atoms with van der Waals surface area (Å²) in [5.74, 6) is -0.191. The lowest BCUT2D eigenvalue weighted by molar-refractivity contribution is 0.00578. The minimum absolute atomic E-state index is 0.191. The summed E-state index contributed by atoms with van der Waals surface area (Å²) in [6.45, 7) is 16.1. The van der Waals surface area contributed by atoms with Crippen molar-refractivity contribution >= 4 is 18.5 Å². The average Bonchev–Trinajstić information content (AvgIpc) is 2.68. The van der Waals surface area contributed by atoms with Gasteiger partial charge in [0.1, 0.15) is 4.75 Å². The Labute approximate surface area is 156 Å². The Morgan fingerprint density at radius 2 is 1.56 bits per heavy atom. The molecule has 6 heteroatoms. The van der Waals surface area contributed by atoms with Crippen molar-refractivity contribution in [3.05, 3.63) is 35.4 Å². The van der Waals surface area contributed by atoms with Gasteiger partial charge in [-0.2, -0.15) is 0 Å². The van der Waals surface area contributed by atoms with Gasteiger partial charge in [0, 0.05) is 11.4 Å². The second kappa shape index (κ2) is 7.24. The van der Waals surface area contributed by atoms with Crippen LogP contribution in [0.5, 0.6) is 0 Å². The largest absolute Gasteiger partial charge is 0.598 e. The highest BCUT2D eigenvalue weighted by atomic mass is 32.2. The Hall–Kier alpha value is -0.525. The molecule has 1 fully saturated rings. The number of rotatable bonds is 5. The molecule has 1 aliphatic rings. The lowest BCUT2D eigenvalue weighted by Gasteiger charge is -2.32. The van der Waals surface area contributed by atoms with Crippen LogP contribution in [0.1, 0.15) is 59.6 Å². The van der Waals surface area contributed by atoms with Crippen LogP contribution in [0.2, 0.25) is 0 Å². The Morgan fingerprint density at radius 1 is 1.08 bits per heavy atom. The van der Waals surface area contributed by atoms with E-state index in [1.165, 1.54) is 11.1 Å². The van der Waals surface area contributed by atoms with Crippen molar-refractivity contribution < 1.29 is 13.9 Å². The number of aryl methyl sites for hydroxylation is 1. The van der Waals surface area contributed by atoms with Crippen molar-refractivity contribution in [1.82, 2.24) is 4.72 Å². The van der Waals surface area contributed by atoms with Gasteiger partial charge in [-0.1, -0.05) is 29.8 Å². The summed E-state index contributed by atoms with van der Waals surface area (Å²) < 4.78 is 28.0. The molecule has 0 aromatic heterocycles. The van der Waals surface area contributed by atoms with Crippen LogP contribution < -0.4 is 4.72 Å². The van der Waals surface area contributed by atoms with Crippen LogP contribution in [0.15, 0.2) is 24.3 Å². The van der Waals surface area contributed by atoms with Crippen LogP contribution in [0, 0.1) is 6.92 Å². The third-order valence-corrected chi connectivity index (χ3v) is 6.62. The van der Waals surface area contributed by atoms with Crippen molar-refractivity contribution in [1.29, 1.82) is 0 Å². The van der Waals surface area contributed by atoms with E-state index in [0.717, 1.165) is 0 Å². The maximum Gasteiger partial charge on any atom is 0.481 e. The van der Waals surface area contributed by atoms with Crippen LogP contribution >= 0.6 is 0 Å². The van der Waals surface area contributed by atoms with E-state index in [1.54, 1.807) is 0 Å². The molecule has 1 saturated heterocycles. The maximum absolute atomic E-state index is 12.7. The molecular weight excluding hydrogens is 333 g/mol. The summed E-state index contributed by atoms with van der Waals surface area (Å²) in [4.78, 5) is 0. The molecule has 2 atom stereocenters. The molecule has 0 radical (unpaired) electrons. The van der Waals surface area contributed by atoms with E-state index in [2.05, 4.69) is 35.9 Å². The zero-order valence-electron chi connectivity index (χ0n) is 16.8. The van der Waals surface area contributed by atoms with Crippen molar-refractivity contribution in [3.63, 3.8) is 0 Å². The summed E-state index contributed by atoms with van der Waals surface area (Å²) in [6.07, 6.45) is 0.693. The van der Waals surface area contributed by atoms with Gasteiger partial charge in [-0.15, -0.1) is 4.72 Å². The van der Waals surface area contributed by atoms with Gasteiger partial charge in [-0.3, -0.25) is 0 Å². The molecule has 0 unspecified atom stereocenters. The quantitative estimate of drug-likeness (QED) is 0.640. The standard InChI is InChI=1S/C19H32BNO3S/c1-14-9-11-15(12-10-14)13-16(21-25(22)17(2,3)4)20-23-18(5,6)19(7,8)24-20/h9-12,16,21H,13H2,1-8H3/t16-,25+/m0/s1. The monoisotopic (exact) mass is 365 g/mol. The van der Waals surface area contributed by atoms with E-state index in [0.29, 0.717) is 6.42 Å². The molecule has 2 rings (SSSR count). The molecule has 0 spiro atoms. The first-order chi connectivity index (χ1) is 11.3. The summed E-state index contributed by atoms with van der Waals surface area (Å²) in [5.41, 5.74) is 1.58. The minimum atomic E-state index is -1.20. The predicted octanol–water partition coefficient (Wildman–Crippen LogP) is 3.59. The Morgan fingerprint density at radius 3 is 2.00 bits per heavy atom. The fourth-order valence-corrected chi connectivity index (χ4v) is 3.36. The summed E-state index contributed by atoms with van der Waals surface area (Å²) >= 11 is -1.20. The fraction of sp³-hybridized carbons (Fsp3) is 0.684. The molecule has 1 aromatic rings. The van der Waals surface area contributed by atoms with E-state index >= 15 is 0 Å². The predicted molar refractivity (Wildman–Crippen MR) is 106 cm³/mol. The SMILES string of the molecule is Cc1ccc(C[C@H](N[S@+]([O-])C(C)(C)C)B2OC(C)(C)C(C)(C)O2)cc1. The zero-order valence-corrected chi connectivity index (χ0v) is 17.6. The normalized spacial score (nSPS) is 22.0. The van der Waals surface area contributed by atoms with Crippen molar-refractivity contribution in [2.45, 2.75) is 83.7 Å². The number of benzene rings is 1. The van der Waals surface area contributed by atoms with Crippen molar-refractivity contribution in [2.75, 3.05) is 0 Å². The van der Waals surface area contributed by atoms with Crippen LogP contribution in [0.3, 0.4) is 0 Å².